The number of ether oxygens (including phenoxy) is 2. The van der Waals surface area contributed by atoms with E-state index in [-0.39, 0.29) is 11.3 Å². The van der Waals surface area contributed by atoms with Crippen molar-refractivity contribution in [2.75, 3.05) is 6.61 Å². The molecule has 2 unspecified atom stereocenters. The van der Waals surface area contributed by atoms with Gasteiger partial charge in [0.05, 0.1) is 6.61 Å². The molecule has 6 heteroatoms. The van der Waals surface area contributed by atoms with Crippen LogP contribution in [0.4, 0.5) is 4.39 Å². The van der Waals surface area contributed by atoms with Crippen LogP contribution in [0.25, 0.3) is 0 Å². The van der Waals surface area contributed by atoms with Crippen LogP contribution in [-0.2, 0) is 6.42 Å². The van der Waals surface area contributed by atoms with Gasteiger partial charge in [-0.05, 0) is 30.7 Å². The second-order valence-electron chi connectivity index (χ2n) is 5.32. The maximum Gasteiger partial charge on any atom is 0.257 e. The topological polar surface area (TPSA) is 61.6 Å². The fraction of sp³-hybridized carbons (Fsp3) is 0.294. The van der Waals surface area contributed by atoms with Gasteiger partial charge in [-0.25, -0.2) is 4.39 Å². The minimum absolute atomic E-state index is 0.241. The highest BCUT2D eigenvalue weighted by molar-refractivity contribution is 5.49. The zero-order chi connectivity index (χ0) is 16.4. The van der Waals surface area contributed by atoms with Gasteiger partial charge in [0.1, 0.15) is 5.82 Å². The molecular formula is C17H16FNO4. The largest absolute Gasteiger partial charge is 0.490 e. The summed E-state index contributed by atoms with van der Waals surface area (Å²) in [5, 5.41) is 11.4. The third-order valence-electron chi connectivity index (χ3n) is 3.85. The molecule has 0 spiro atoms. The van der Waals surface area contributed by atoms with Crippen LogP contribution >= 0.6 is 0 Å². The molecule has 1 aliphatic rings. The maximum atomic E-state index is 13.1. The minimum Gasteiger partial charge on any atom is -0.490 e. The Balaban J connectivity index is 2.02. The molecule has 0 aliphatic carbocycles. The van der Waals surface area contributed by atoms with E-state index in [0.717, 1.165) is 5.56 Å². The van der Waals surface area contributed by atoms with Crippen molar-refractivity contribution in [1.29, 1.82) is 0 Å². The first kappa shape index (κ1) is 15.3. The highest BCUT2D eigenvalue weighted by atomic mass is 19.1. The fourth-order valence-corrected chi connectivity index (χ4v) is 2.79. The maximum absolute atomic E-state index is 13.1. The monoisotopic (exact) mass is 317 g/mol. The molecule has 0 bridgehead atoms. The van der Waals surface area contributed by atoms with E-state index in [1.54, 1.807) is 18.2 Å². The van der Waals surface area contributed by atoms with Gasteiger partial charge in [-0.3, -0.25) is 10.1 Å². The first-order chi connectivity index (χ1) is 11.1. The van der Waals surface area contributed by atoms with Crippen molar-refractivity contribution in [3.05, 3.63) is 69.5 Å². The van der Waals surface area contributed by atoms with Crippen molar-refractivity contribution in [1.82, 2.24) is 0 Å². The van der Waals surface area contributed by atoms with E-state index in [2.05, 4.69) is 0 Å². The number of rotatable bonds is 4. The highest BCUT2D eigenvalue weighted by Crippen LogP contribution is 2.42. The third-order valence-corrected chi connectivity index (χ3v) is 3.85. The molecule has 0 fully saturated rings. The summed E-state index contributed by atoms with van der Waals surface area (Å²) in [5.74, 6) is 0.707. The van der Waals surface area contributed by atoms with E-state index < -0.39 is 18.0 Å². The molecule has 2 aromatic carbocycles. The Morgan fingerprint density at radius 2 is 2.04 bits per heavy atom. The molecule has 0 radical (unpaired) electrons. The van der Waals surface area contributed by atoms with Crippen molar-refractivity contribution in [2.24, 2.45) is 0 Å². The van der Waals surface area contributed by atoms with Gasteiger partial charge in [0, 0.05) is 16.9 Å². The van der Waals surface area contributed by atoms with E-state index >= 15 is 0 Å². The van der Waals surface area contributed by atoms with Crippen LogP contribution in [0.3, 0.4) is 0 Å². The van der Waals surface area contributed by atoms with Gasteiger partial charge in [0.15, 0.2) is 17.6 Å². The lowest BCUT2D eigenvalue weighted by Gasteiger charge is -2.30. The van der Waals surface area contributed by atoms with Crippen molar-refractivity contribution < 1.29 is 18.8 Å². The molecular weight excluding hydrogens is 301 g/mol. The first-order valence-corrected chi connectivity index (χ1v) is 7.40. The molecule has 5 nitrogen and oxygen atoms in total. The van der Waals surface area contributed by atoms with Crippen molar-refractivity contribution in [2.45, 2.75) is 25.5 Å². The molecule has 0 aromatic heterocycles. The Labute approximate surface area is 132 Å². The molecule has 0 saturated carbocycles. The molecule has 1 aliphatic heterocycles. The molecule has 2 aromatic rings. The van der Waals surface area contributed by atoms with E-state index in [4.69, 9.17) is 9.47 Å². The number of hydrogen-bond donors (Lipinski definition) is 0. The van der Waals surface area contributed by atoms with Gasteiger partial charge in [0.25, 0.3) is 6.04 Å². The molecule has 1 heterocycles. The normalized spacial score (nSPS) is 19.6. The number of fused-ring (bicyclic) bond motifs is 1. The molecule has 0 saturated heterocycles. The Hall–Kier alpha value is -2.63. The van der Waals surface area contributed by atoms with Crippen LogP contribution in [0.2, 0.25) is 0 Å². The van der Waals surface area contributed by atoms with Gasteiger partial charge in [0.2, 0.25) is 0 Å². The summed E-state index contributed by atoms with van der Waals surface area (Å²) >= 11 is 0. The van der Waals surface area contributed by atoms with Gasteiger partial charge in [-0.2, -0.15) is 0 Å². The lowest BCUT2D eigenvalue weighted by molar-refractivity contribution is -0.535. The number of hydrogen-bond acceptors (Lipinski definition) is 4. The second kappa shape index (κ2) is 6.24. The summed E-state index contributed by atoms with van der Waals surface area (Å²) in [6.45, 7) is 2.33. The smallest absolute Gasteiger partial charge is 0.257 e. The second-order valence-corrected chi connectivity index (χ2v) is 5.32. The zero-order valence-electron chi connectivity index (χ0n) is 12.6. The summed E-state index contributed by atoms with van der Waals surface area (Å²) in [5.41, 5.74) is 1.32. The Bertz CT molecular complexity index is 717. The summed E-state index contributed by atoms with van der Waals surface area (Å²) in [6, 6.07) is 10.0. The fourth-order valence-electron chi connectivity index (χ4n) is 2.79. The predicted octanol–water partition coefficient (Wildman–Crippen LogP) is 3.55. The number of nitrogens with zero attached hydrogens (tertiary/aromatic N) is 1. The van der Waals surface area contributed by atoms with Crippen LogP contribution in [0.1, 0.15) is 24.2 Å². The lowest BCUT2D eigenvalue weighted by Crippen LogP contribution is -2.36. The quantitative estimate of drug-likeness (QED) is 0.639. The van der Waals surface area contributed by atoms with Crippen LogP contribution in [0, 0.1) is 15.9 Å². The van der Waals surface area contributed by atoms with Crippen LogP contribution in [-0.4, -0.2) is 17.6 Å². The Kier molecular flexibility index (Phi) is 4.14. The molecule has 0 amide bonds. The number of benzene rings is 2. The van der Waals surface area contributed by atoms with Gasteiger partial charge < -0.3 is 9.47 Å². The average Bonchev–Trinajstić information content (AvgIpc) is 2.55. The van der Waals surface area contributed by atoms with Gasteiger partial charge in [-0.15, -0.1) is 0 Å². The Morgan fingerprint density at radius 3 is 2.70 bits per heavy atom. The van der Waals surface area contributed by atoms with Crippen molar-refractivity contribution in [3.8, 4) is 11.5 Å². The zero-order valence-corrected chi connectivity index (χ0v) is 12.6. The molecule has 23 heavy (non-hydrogen) atoms. The summed E-state index contributed by atoms with van der Waals surface area (Å²) < 4.78 is 24.6. The molecule has 120 valence electrons. The van der Waals surface area contributed by atoms with Crippen molar-refractivity contribution >= 4 is 0 Å². The lowest BCUT2D eigenvalue weighted by atomic mass is 9.93. The molecule has 0 N–H and O–H groups in total. The third kappa shape index (κ3) is 2.97. The van der Waals surface area contributed by atoms with E-state index in [1.807, 2.05) is 6.92 Å². The number of para-hydroxylation sites is 1. The number of halogens is 1. The first-order valence-electron chi connectivity index (χ1n) is 7.40. The summed E-state index contributed by atoms with van der Waals surface area (Å²) in [4.78, 5) is 11.1. The van der Waals surface area contributed by atoms with E-state index in [0.29, 0.717) is 23.7 Å². The summed E-state index contributed by atoms with van der Waals surface area (Å²) in [7, 11) is 0. The van der Waals surface area contributed by atoms with Crippen molar-refractivity contribution in [3.63, 3.8) is 0 Å². The van der Waals surface area contributed by atoms with Crippen LogP contribution in [0.15, 0.2) is 42.5 Å². The highest BCUT2D eigenvalue weighted by Gasteiger charge is 2.40. The molecule has 2 atom stereocenters. The summed E-state index contributed by atoms with van der Waals surface area (Å²) in [6.07, 6.45) is -0.537. The minimum atomic E-state index is -0.926. The van der Waals surface area contributed by atoms with Gasteiger partial charge in [-0.1, -0.05) is 24.3 Å². The number of nitro groups is 1. The predicted molar refractivity (Wildman–Crippen MR) is 81.9 cm³/mol. The van der Waals surface area contributed by atoms with E-state index in [9.17, 15) is 14.5 Å². The molecule has 3 rings (SSSR count). The van der Waals surface area contributed by atoms with Crippen LogP contribution < -0.4 is 9.47 Å². The average molecular weight is 317 g/mol. The SMILES string of the molecule is CCOc1cccc2c1OC(c1ccc(F)cc1)C([N+](=O)[O-])C2. The van der Waals surface area contributed by atoms with E-state index in [1.165, 1.54) is 24.3 Å². The standard InChI is InChI=1S/C17H16FNO4/c1-2-22-15-5-3-4-12-10-14(19(20)21)16(23-17(12)15)11-6-8-13(18)9-7-11/h3-9,14,16H,2,10H2,1H3. The van der Waals surface area contributed by atoms with Crippen LogP contribution in [0.5, 0.6) is 11.5 Å². The Morgan fingerprint density at radius 1 is 1.30 bits per heavy atom. The van der Waals surface area contributed by atoms with Gasteiger partial charge >= 0.3 is 0 Å².